The van der Waals surface area contributed by atoms with E-state index in [1.54, 1.807) is 13.8 Å². The van der Waals surface area contributed by atoms with Crippen LogP contribution in [-0.2, 0) is 0 Å². The molecule has 88 valence electrons. The highest BCUT2D eigenvalue weighted by Gasteiger charge is 2.16. The standard InChI is InChI=1S/C11H14ClNO3/c1-11(2,16)6-13-10(15)8-5-7(14)3-4-9(8)12/h3-5,14,16H,6H2,1-2H3,(H,13,15). The molecule has 0 aliphatic heterocycles. The summed E-state index contributed by atoms with van der Waals surface area (Å²) in [6.07, 6.45) is 0. The van der Waals surface area contributed by atoms with Gasteiger partial charge in [-0.2, -0.15) is 0 Å². The van der Waals surface area contributed by atoms with Crippen LogP contribution < -0.4 is 5.32 Å². The largest absolute Gasteiger partial charge is 0.508 e. The number of rotatable bonds is 3. The molecule has 0 saturated carbocycles. The Balaban J connectivity index is 2.77. The number of hydrogen-bond acceptors (Lipinski definition) is 3. The Labute approximate surface area is 98.9 Å². The number of nitrogens with one attached hydrogen (secondary N) is 1. The number of benzene rings is 1. The summed E-state index contributed by atoms with van der Waals surface area (Å²) in [7, 11) is 0. The van der Waals surface area contributed by atoms with Gasteiger partial charge in [0.1, 0.15) is 5.75 Å². The van der Waals surface area contributed by atoms with Crippen LogP contribution in [0.15, 0.2) is 18.2 Å². The molecule has 0 heterocycles. The van der Waals surface area contributed by atoms with Gasteiger partial charge in [0.25, 0.3) is 5.91 Å². The lowest BCUT2D eigenvalue weighted by atomic mass is 10.1. The summed E-state index contributed by atoms with van der Waals surface area (Å²) < 4.78 is 0. The van der Waals surface area contributed by atoms with Crippen LogP contribution in [0, 0.1) is 0 Å². The van der Waals surface area contributed by atoms with Gasteiger partial charge in [-0.1, -0.05) is 11.6 Å². The lowest BCUT2D eigenvalue weighted by Gasteiger charge is -2.17. The summed E-state index contributed by atoms with van der Waals surface area (Å²) in [5, 5.41) is 21.4. The molecule has 0 bridgehead atoms. The molecular weight excluding hydrogens is 230 g/mol. The van der Waals surface area contributed by atoms with Crippen LogP contribution in [0.3, 0.4) is 0 Å². The smallest absolute Gasteiger partial charge is 0.253 e. The molecule has 3 N–H and O–H groups in total. The van der Waals surface area contributed by atoms with Crippen molar-refractivity contribution in [1.82, 2.24) is 5.32 Å². The maximum Gasteiger partial charge on any atom is 0.253 e. The Morgan fingerprint density at radius 2 is 2.12 bits per heavy atom. The zero-order valence-corrected chi connectivity index (χ0v) is 9.88. The molecule has 0 spiro atoms. The lowest BCUT2D eigenvalue weighted by Crippen LogP contribution is -2.38. The second-order valence-electron chi connectivity index (χ2n) is 4.16. The summed E-state index contributed by atoms with van der Waals surface area (Å²) in [4.78, 5) is 11.6. The Bertz CT molecular complexity index is 399. The van der Waals surface area contributed by atoms with Gasteiger partial charge >= 0.3 is 0 Å². The fourth-order valence-electron chi connectivity index (χ4n) is 1.08. The second kappa shape index (κ2) is 4.72. The third-order valence-electron chi connectivity index (χ3n) is 1.88. The highest BCUT2D eigenvalue weighted by molar-refractivity contribution is 6.33. The minimum Gasteiger partial charge on any atom is -0.508 e. The molecule has 1 rings (SSSR count). The molecule has 0 radical (unpaired) electrons. The van der Waals surface area contributed by atoms with Gasteiger partial charge in [0, 0.05) is 6.54 Å². The van der Waals surface area contributed by atoms with Gasteiger partial charge in [-0.25, -0.2) is 0 Å². The third kappa shape index (κ3) is 3.72. The second-order valence-corrected chi connectivity index (χ2v) is 4.57. The first-order valence-corrected chi connectivity index (χ1v) is 5.16. The van der Waals surface area contributed by atoms with E-state index in [1.807, 2.05) is 0 Å². The number of hydrogen-bond donors (Lipinski definition) is 3. The van der Waals surface area contributed by atoms with Crippen molar-refractivity contribution in [2.75, 3.05) is 6.54 Å². The van der Waals surface area contributed by atoms with E-state index < -0.39 is 11.5 Å². The summed E-state index contributed by atoms with van der Waals surface area (Å²) in [5.74, 6) is -0.458. The number of phenols is 1. The predicted molar refractivity (Wildman–Crippen MR) is 61.7 cm³/mol. The van der Waals surface area contributed by atoms with E-state index in [4.69, 9.17) is 11.6 Å². The van der Waals surface area contributed by atoms with Gasteiger partial charge in [-0.15, -0.1) is 0 Å². The topological polar surface area (TPSA) is 69.6 Å². The molecule has 0 fully saturated rings. The van der Waals surface area contributed by atoms with E-state index in [9.17, 15) is 15.0 Å². The third-order valence-corrected chi connectivity index (χ3v) is 2.21. The van der Waals surface area contributed by atoms with Crippen LogP contribution in [0.25, 0.3) is 0 Å². The first kappa shape index (κ1) is 12.8. The molecule has 0 atom stereocenters. The highest BCUT2D eigenvalue weighted by Crippen LogP contribution is 2.20. The molecule has 0 saturated heterocycles. The molecule has 1 aromatic carbocycles. The zero-order chi connectivity index (χ0) is 12.3. The Morgan fingerprint density at radius 3 is 2.69 bits per heavy atom. The molecule has 0 aliphatic rings. The van der Waals surface area contributed by atoms with E-state index in [0.29, 0.717) is 0 Å². The molecule has 0 aliphatic carbocycles. The van der Waals surface area contributed by atoms with Gasteiger partial charge in [-0.05, 0) is 32.0 Å². The molecule has 1 amide bonds. The number of carbonyl (C=O) groups excluding carboxylic acids is 1. The van der Waals surface area contributed by atoms with Gasteiger partial charge in [0.15, 0.2) is 0 Å². The first-order chi connectivity index (χ1) is 7.29. The molecule has 0 aromatic heterocycles. The van der Waals surface area contributed by atoms with Crippen molar-refractivity contribution >= 4 is 17.5 Å². The van der Waals surface area contributed by atoms with Crippen LogP contribution in [0.5, 0.6) is 5.75 Å². The van der Waals surface area contributed by atoms with Crippen molar-refractivity contribution in [1.29, 1.82) is 0 Å². The van der Waals surface area contributed by atoms with Crippen molar-refractivity contribution < 1.29 is 15.0 Å². The lowest BCUT2D eigenvalue weighted by molar-refractivity contribution is 0.0694. The van der Waals surface area contributed by atoms with Gasteiger partial charge in [0.2, 0.25) is 0 Å². The number of halogens is 1. The van der Waals surface area contributed by atoms with Gasteiger partial charge in [-0.3, -0.25) is 4.79 Å². The monoisotopic (exact) mass is 243 g/mol. The maximum absolute atomic E-state index is 11.6. The van der Waals surface area contributed by atoms with E-state index in [1.165, 1.54) is 18.2 Å². The maximum atomic E-state index is 11.6. The number of carbonyl (C=O) groups is 1. The van der Waals surface area contributed by atoms with Crippen LogP contribution in [0.2, 0.25) is 5.02 Å². The van der Waals surface area contributed by atoms with Crippen molar-refractivity contribution in [2.24, 2.45) is 0 Å². The Hall–Kier alpha value is -1.26. The van der Waals surface area contributed by atoms with Crippen molar-refractivity contribution in [3.63, 3.8) is 0 Å². The Kier molecular flexibility index (Phi) is 3.78. The molecule has 16 heavy (non-hydrogen) atoms. The fourth-order valence-corrected chi connectivity index (χ4v) is 1.28. The van der Waals surface area contributed by atoms with Crippen molar-refractivity contribution in [3.05, 3.63) is 28.8 Å². The van der Waals surface area contributed by atoms with E-state index >= 15 is 0 Å². The molecular formula is C11H14ClNO3. The van der Waals surface area contributed by atoms with Crippen LogP contribution in [0.4, 0.5) is 0 Å². The summed E-state index contributed by atoms with van der Waals surface area (Å²) in [6.45, 7) is 3.27. The van der Waals surface area contributed by atoms with Crippen LogP contribution in [-0.4, -0.2) is 28.3 Å². The summed E-state index contributed by atoms with van der Waals surface area (Å²) in [6, 6.07) is 4.12. The number of aliphatic hydroxyl groups is 1. The normalized spacial score (nSPS) is 11.2. The number of phenolic OH excluding ortho intramolecular Hbond substituents is 1. The average molecular weight is 244 g/mol. The molecule has 4 nitrogen and oxygen atoms in total. The van der Waals surface area contributed by atoms with Crippen molar-refractivity contribution in [2.45, 2.75) is 19.4 Å². The first-order valence-electron chi connectivity index (χ1n) is 4.79. The zero-order valence-electron chi connectivity index (χ0n) is 9.12. The minimum absolute atomic E-state index is 0.0298. The summed E-state index contributed by atoms with van der Waals surface area (Å²) >= 11 is 5.81. The predicted octanol–water partition coefficient (Wildman–Crippen LogP) is 1.55. The summed E-state index contributed by atoms with van der Waals surface area (Å²) in [5.41, 5.74) is -0.801. The number of aromatic hydroxyl groups is 1. The Morgan fingerprint density at radius 1 is 1.50 bits per heavy atom. The van der Waals surface area contributed by atoms with Crippen molar-refractivity contribution in [3.8, 4) is 5.75 Å². The molecule has 5 heteroatoms. The van der Waals surface area contributed by atoms with Gasteiger partial charge < -0.3 is 15.5 Å². The van der Waals surface area contributed by atoms with E-state index in [-0.39, 0.29) is 22.9 Å². The number of amides is 1. The average Bonchev–Trinajstić information content (AvgIpc) is 2.17. The quantitative estimate of drug-likeness (QED) is 0.754. The van der Waals surface area contributed by atoms with Crippen LogP contribution >= 0.6 is 11.6 Å². The SMILES string of the molecule is CC(C)(O)CNC(=O)c1cc(O)ccc1Cl. The molecule has 1 aromatic rings. The van der Waals surface area contributed by atoms with E-state index in [2.05, 4.69) is 5.32 Å². The highest BCUT2D eigenvalue weighted by atomic mass is 35.5. The van der Waals surface area contributed by atoms with E-state index in [0.717, 1.165) is 0 Å². The van der Waals surface area contributed by atoms with Gasteiger partial charge in [0.05, 0.1) is 16.2 Å². The van der Waals surface area contributed by atoms with Crippen LogP contribution in [0.1, 0.15) is 24.2 Å². The molecule has 0 unspecified atom stereocenters. The fraction of sp³-hybridized carbons (Fsp3) is 0.364. The minimum atomic E-state index is -0.987.